The minimum atomic E-state index is -0.140. The largest absolute Gasteiger partial charge is 0.461 e. The summed E-state index contributed by atoms with van der Waals surface area (Å²) in [6, 6.07) is 11.9. The molecule has 3 nitrogen and oxygen atoms in total. The van der Waals surface area contributed by atoms with E-state index in [-0.39, 0.29) is 5.97 Å². The van der Waals surface area contributed by atoms with Crippen LogP contribution in [0.4, 0.5) is 0 Å². The number of benzene rings is 1. The summed E-state index contributed by atoms with van der Waals surface area (Å²) in [4.78, 5) is 15.4. The summed E-state index contributed by atoms with van der Waals surface area (Å²) in [5.41, 5.74) is 3.19. The molecule has 1 aromatic heterocycles. The number of rotatable bonds is 5. The highest BCUT2D eigenvalue weighted by atomic mass is 16.5. The van der Waals surface area contributed by atoms with Gasteiger partial charge in [-0.3, -0.25) is 9.78 Å². The Hall–Kier alpha value is -2.16. The fraction of sp³-hybridized carbons (Fsp3) is 0.250. The van der Waals surface area contributed by atoms with Gasteiger partial charge in [0, 0.05) is 18.8 Å². The Morgan fingerprint density at radius 1 is 1.16 bits per heavy atom. The third-order valence-corrected chi connectivity index (χ3v) is 2.80. The standard InChI is InChI=1S/C16H17NO2/c1-2-4-16(18)19-12-13-6-8-14(9-7-13)15-5-3-10-17-11-15/h3,5-11H,2,4,12H2,1H3. The highest BCUT2D eigenvalue weighted by Gasteiger charge is 2.02. The first kappa shape index (κ1) is 13.3. The third-order valence-electron chi connectivity index (χ3n) is 2.80. The molecule has 1 aromatic carbocycles. The Morgan fingerprint density at radius 2 is 1.95 bits per heavy atom. The summed E-state index contributed by atoms with van der Waals surface area (Å²) >= 11 is 0. The molecule has 0 saturated carbocycles. The maximum Gasteiger partial charge on any atom is 0.306 e. The number of nitrogens with zero attached hydrogens (tertiary/aromatic N) is 1. The predicted octanol–water partition coefficient (Wildman–Crippen LogP) is 3.59. The minimum absolute atomic E-state index is 0.140. The zero-order valence-electron chi connectivity index (χ0n) is 11.0. The van der Waals surface area contributed by atoms with Crippen molar-refractivity contribution in [2.75, 3.05) is 0 Å². The van der Waals surface area contributed by atoms with Crippen LogP contribution in [0, 0.1) is 0 Å². The SMILES string of the molecule is CCCC(=O)OCc1ccc(-c2cccnc2)cc1. The van der Waals surface area contributed by atoms with Crippen LogP contribution in [0.2, 0.25) is 0 Å². The van der Waals surface area contributed by atoms with Crippen molar-refractivity contribution in [3.05, 3.63) is 54.4 Å². The number of pyridine rings is 1. The monoisotopic (exact) mass is 255 g/mol. The van der Waals surface area contributed by atoms with E-state index >= 15 is 0 Å². The van der Waals surface area contributed by atoms with Gasteiger partial charge in [0.25, 0.3) is 0 Å². The minimum Gasteiger partial charge on any atom is -0.461 e. The number of hydrogen-bond donors (Lipinski definition) is 0. The van der Waals surface area contributed by atoms with Crippen molar-refractivity contribution in [3.8, 4) is 11.1 Å². The van der Waals surface area contributed by atoms with Gasteiger partial charge in [-0.25, -0.2) is 0 Å². The third kappa shape index (κ3) is 3.91. The van der Waals surface area contributed by atoms with Crippen LogP contribution >= 0.6 is 0 Å². The number of esters is 1. The molecule has 0 bridgehead atoms. The fourth-order valence-corrected chi connectivity index (χ4v) is 1.77. The average molecular weight is 255 g/mol. The van der Waals surface area contributed by atoms with Crippen LogP contribution < -0.4 is 0 Å². The summed E-state index contributed by atoms with van der Waals surface area (Å²) in [5, 5.41) is 0. The molecule has 98 valence electrons. The molecular formula is C16H17NO2. The van der Waals surface area contributed by atoms with E-state index in [0.717, 1.165) is 23.1 Å². The lowest BCUT2D eigenvalue weighted by molar-refractivity contribution is -0.144. The first-order valence-corrected chi connectivity index (χ1v) is 6.44. The van der Waals surface area contributed by atoms with Crippen molar-refractivity contribution in [2.24, 2.45) is 0 Å². The number of hydrogen-bond acceptors (Lipinski definition) is 3. The van der Waals surface area contributed by atoms with E-state index in [2.05, 4.69) is 4.98 Å². The second-order valence-electron chi connectivity index (χ2n) is 4.35. The smallest absolute Gasteiger partial charge is 0.306 e. The lowest BCUT2D eigenvalue weighted by atomic mass is 10.1. The molecule has 0 aliphatic heterocycles. The van der Waals surface area contributed by atoms with Gasteiger partial charge in [0.1, 0.15) is 6.61 Å². The van der Waals surface area contributed by atoms with E-state index in [1.54, 1.807) is 6.20 Å². The van der Waals surface area contributed by atoms with Crippen LogP contribution in [-0.4, -0.2) is 11.0 Å². The number of carbonyl (C=O) groups is 1. The quantitative estimate of drug-likeness (QED) is 0.766. The van der Waals surface area contributed by atoms with Gasteiger partial charge in [0.05, 0.1) is 0 Å². The van der Waals surface area contributed by atoms with Gasteiger partial charge in [-0.05, 0) is 29.2 Å². The Bertz CT molecular complexity index is 520. The normalized spacial score (nSPS) is 10.2. The van der Waals surface area contributed by atoms with Crippen LogP contribution in [0.3, 0.4) is 0 Å². The summed E-state index contributed by atoms with van der Waals surface area (Å²) in [5.74, 6) is -0.140. The number of ether oxygens (including phenoxy) is 1. The van der Waals surface area contributed by atoms with Crippen molar-refractivity contribution in [1.82, 2.24) is 4.98 Å². The van der Waals surface area contributed by atoms with E-state index in [1.165, 1.54) is 0 Å². The van der Waals surface area contributed by atoms with Crippen molar-refractivity contribution >= 4 is 5.97 Å². The molecule has 0 N–H and O–H groups in total. The summed E-state index contributed by atoms with van der Waals surface area (Å²) in [7, 11) is 0. The lowest BCUT2D eigenvalue weighted by Gasteiger charge is -2.05. The Kier molecular flexibility index (Phi) is 4.67. The molecule has 0 spiro atoms. The van der Waals surface area contributed by atoms with Crippen molar-refractivity contribution in [1.29, 1.82) is 0 Å². The second kappa shape index (κ2) is 6.69. The van der Waals surface area contributed by atoms with E-state index in [1.807, 2.05) is 49.5 Å². The molecule has 0 atom stereocenters. The molecule has 0 radical (unpaired) electrons. The average Bonchev–Trinajstić information content (AvgIpc) is 2.47. The molecule has 0 aliphatic rings. The molecule has 0 fully saturated rings. The van der Waals surface area contributed by atoms with E-state index in [9.17, 15) is 4.79 Å². The van der Waals surface area contributed by atoms with Gasteiger partial charge in [-0.2, -0.15) is 0 Å². The van der Waals surface area contributed by atoms with Crippen LogP contribution in [0.1, 0.15) is 25.3 Å². The molecule has 1 heterocycles. The van der Waals surface area contributed by atoms with Crippen LogP contribution in [0.5, 0.6) is 0 Å². The first-order chi connectivity index (χ1) is 9.29. The zero-order valence-corrected chi connectivity index (χ0v) is 11.0. The van der Waals surface area contributed by atoms with Crippen LogP contribution in [-0.2, 0) is 16.1 Å². The van der Waals surface area contributed by atoms with E-state index in [4.69, 9.17) is 4.74 Å². The Balaban J connectivity index is 1.97. The van der Waals surface area contributed by atoms with E-state index in [0.29, 0.717) is 13.0 Å². The number of carbonyl (C=O) groups excluding carboxylic acids is 1. The molecule has 2 rings (SSSR count). The summed E-state index contributed by atoms with van der Waals surface area (Å²) in [6.07, 6.45) is 4.88. The maximum atomic E-state index is 11.3. The molecule has 0 unspecified atom stereocenters. The summed E-state index contributed by atoms with van der Waals surface area (Å²) in [6.45, 7) is 2.30. The van der Waals surface area contributed by atoms with Crippen molar-refractivity contribution in [3.63, 3.8) is 0 Å². The molecule has 0 amide bonds. The first-order valence-electron chi connectivity index (χ1n) is 6.44. The topological polar surface area (TPSA) is 39.2 Å². The highest BCUT2D eigenvalue weighted by Crippen LogP contribution is 2.18. The molecular weight excluding hydrogens is 238 g/mol. The van der Waals surface area contributed by atoms with Crippen LogP contribution in [0.25, 0.3) is 11.1 Å². The lowest BCUT2D eigenvalue weighted by Crippen LogP contribution is -2.03. The molecule has 0 aliphatic carbocycles. The molecule has 0 saturated heterocycles. The zero-order chi connectivity index (χ0) is 13.5. The van der Waals surface area contributed by atoms with Gasteiger partial charge in [0.15, 0.2) is 0 Å². The van der Waals surface area contributed by atoms with Crippen molar-refractivity contribution < 1.29 is 9.53 Å². The summed E-state index contributed by atoms with van der Waals surface area (Å²) < 4.78 is 5.16. The van der Waals surface area contributed by atoms with Gasteiger partial charge in [-0.15, -0.1) is 0 Å². The van der Waals surface area contributed by atoms with Gasteiger partial charge >= 0.3 is 5.97 Å². The molecule has 3 heteroatoms. The highest BCUT2D eigenvalue weighted by molar-refractivity contribution is 5.69. The van der Waals surface area contributed by atoms with Gasteiger partial charge in [-0.1, -0.05) is 37.3 Å². The molecule has 19 heavy (non-hydrogen) atoms. The Labute approximate surface area is 113 Å². The number of aromatic nitrogens is 1. The predicted molar refractivity (Wildman–Crippen MR) is 74.4 cm³/mol. The Morgan fingerprint density at radius 3 is 2.58 bits per heavy atom. The second-order valence-corrected chi connectivity index (χ2v) is 4.35. The van der Waals surface area contributed by atoms with Gasteiger partial charge in [0.2, 0.25) is 0 Å². The molecule has 2 aromatic rings. The maximum absolute atomic E-state index is 11.3. The van der Waals surface area contributed by atoms with Gasteiger partial charge < -0.3 is 4.74 Å². The fourth-order valence-electron chi connectivity index (χ4n) is 1.77. The van der Waals surface area contributed by atoms with Crippen molar-refractivity contribution in [2.45, 2.75) is 26.4 Å². The van der Waals surface area contributed by atoms with E-state index < -0.39 is 0 Å². The van der Waals surface area contributed by atoms with Crippen LogP contribution in [0.15, 0.2) is 48.8 Å².